The molecule has 0 saturated carbocycles. The Hall–Kier alpha value is -0.810. The van der Waals surface area contributed by atoms with E-state index in [4.69, 9.17) is 5.73 Å². The fourth-order valence-electron chi connectivity index (χ4n) is 1.72. The molecule has 1 saturated heterocycles. The van der Waals surface area contributed by atoms with Gasteiger partial charge in [-0.1, -0.05) is 0 Å². The molecular formula is C10H20ClN3O2. The first-order valence-electron chi connectivity index (χ1n) is 5.20. The second kappa shape index (κ2) is 5.50. The Morgan fingerprint density at radius 2 is 2.19 bits per heavy atom. The van der Waals surface area contributed by atoms with Gasteiger partial charge < -0.3 is 16.0 Å². The molecule has 94 valence electrons. The minimum atomic E-state index is -0.760. The summed E-state index contributed by atoms with van der Waals surface area (Å²) in [6, 6.07) is -0.168. The summed E-state index contributed by atoms with van der Waals surface area (Å²) < 4.78 is 0. The molecule has 0 aromatic heterocycles. The third-order valence-electron chi connectivity index (χ3n) is 2.65. The van der Waals surface area contributed by atoms with Crippen LogP contribution in [0.3, 0.4) is 0 Å². The Morgan fingerprint density at radius 3 is 2.69 bits per heavy atom. The number of carbonyl (C=O) groups excluding carboxylic acids is 2. The molecule has 1 heterocycles. The zero-order chi connectivity index (χ0) is 11.6. The molecule has 1 aliphatic heterocycles. The van der Waals surface area contributed by atoms with Gasteiger partial charge in [-0.3, -0.25) is 9.59 Å². The maximum atomic E-state index is 11.8. The molecule has 16 heavy (non-hydrogen) atoms. The Labute approximate surface area is 102 Å². The van der Waals surface area contributed by atoms with E-state index in [0.717, 1.165) is 0 Å². The number of halogens is 1. The molecule has 0 spiro atoms. The zero-order valence-corrected chi connectivity index (χ0v) is 10.8. The number of piperazine rings is 1. The van der Waals surface area contributed by atoms with Crippen LogP contribution in [0.5, 0.6) is 0 Å². The predicted octanol–water partition coefficient (Wildman–Crippen LogP) is -0.117. The quantitative estimate of drug-likeness (QED) is 0.717. The van der Waals surface area contributed by atoms with Crippen LogP contribution in [-0.2, 0) is 9.59 Å². The molecule has 0 radical (unpaired) electrons. The Bertz CT molecular complexity index is 279. The van der Waals surface area contributed by atoms with E-state index in [1.807, 2.05) is 0 Å². The van der Waals surface area contributed by atoms with Gasteiger partial charge in [0, 0.05) is 25.6 Å². The van der Waals surface area contributed by atoms with Crippen molar-refractivity contribution in [3.8, 4) is 0 Å². The molecule has 1 unspecified atom stereocenters. The van der Waals surface area contributed by atoms with E-state index in [-0.39, 0.29) is 36.7 Å². The van der Waals surface area contributed by atoms with Gasteiger partial charge in [-0.05, 0) is 20.8 Å². The fraction of sp³-hybridized carbons (Fsp3) is 0.800. The molecule has 0 aliphatic carbocycles. The van der Waals surface area contributed by atoms with Crippen molar-refractivity contribution in [1.82, 2.24) is 10.2 Å². The van der Waals surface area contributed by atoms with Crippen LogP contribution in [0, 0.1) is 0 Å². The number of amides is 2. The monoisotopic (exact) mass is 249 g/mol. The van der Waals surface area contributed by atoms with E-state index in [9.17, 15) is 9.59 Å². The maximum absolute atomic E-state index is 11.8. The summed E-state index contributed by atoms with van der Waals surface area (Å²) in [4.78, 5) is 25.0. The standard InChI is InChI=1S/C10H19N3O2.ClH/c1-7(11)6-8(14)13-5-4-12-9(15)10(13,2)3;/h7H,4-6,11H2,1-3H3,(H,12,15);1H. The fourth-order valence-corrected chi connectivity index (χ4v) is 1.72. The Balaban J connectivity index is 0.00000225. The number of rotatable bonds is 2. The maximum Gasteiger partial charge on any atom is 0.245 e. The van der Waals surface area contributed by atoms with Gasteiger partial charge in [0.15, 0.2) is 0 Å². The van der Waals surface area contributed by atoms with Gasteiger partial charge in [0.1, 0.15) is 5.54 Å². The van der Waals surface area contributed by atoms with E-state index >= 15 is 0 Å². The Morgan fingerprint density at radius 1 is 1.62 bits per heavy atom. The highest BCUT2D eigenvalue weighted by Crippen LogP contribution is 2.18. The largest absolute Gasteiger partial charge is 0.352 e. The zero-order valence-electron chi connectivity index (χ0n) is 9.95. The van der Waals surface area contributed by atoms with Crippen molar-refractivity contribution in [3.63, 3.8) is 0 Å². The van der Waals surface area contributed by atoms with Gasteiger partial charge in [-0.2, -0.15) is 0 Å². The van der Waals surface area contributed by atoms with E-state index in [1.54, 1.807) is 25.7 Å². The summed E-state index contributed by atoms with van der Waals surface area (Å²) in [7, 11) is 0. The minimum absolute atomic E-state index is 0. The van der Waals surface area contributed by atoms with Crippen LogP contribution in [0.25, 0.3) is 0 Å². The van der Waals surface area contributed by atoms with Crippen LogP contribution in [0.15, 0.2) is 0 Å². The van der Waals surface area contributed by atoms with E-state index in [1.165, 1.54) is 0 Å². The van der Waals surface area contributed by atoms with E-state index in [2.05, 4.69) is 5.32 Å². The number of hydrogen-bond acceptors (Lipinski definition) is 3. The average Bonchev–Trinajstić information content (AvgIpc) is 2.08. The summed E-state index contributed by atoms with van der Waals surface area (Å²) in [6.07, 6.45) is 0.288. The molecule has 6 heteroatoms. The van der Waals surface area contributed by atoms with Crippen molar-refractivity contribution in [1.29, 1.82) is 0 Å². The molecule has 1 atom stereocenters. The first-order valence-corrected chi connectivity index (χ1v) is 5.20. The highest BCUT2D eigenvalue weighted by molar-refractivity contribution is 5.91. The highest BCUT2D eigenvalue weighted by Gasteiger charge is 2.40. The molecule has 3 N–H and O–H groups in total. The summed E-state index contributed by atoms with van der Waals surface area (Å²) in [5.41, 5.74) is 4.82. The smallest absolute Gasteiger partial charge is 0.245 e. The topological polar surface area (TPSA) is 75.4 Å². The molecule has 1 rings (SSSR count). The van der Waals surface area contributed by atoms with E-state index in [0.29, 0.717) is 13.1 Å². The molecule has 0 aromatic carbocycles. The van der Waals surface area contributed by atoms with Gasteiger partial charge in [0.25, 0.3) is 0 Å². The summed E-state index contributed by atoms with van der Waals surface area (Å²) in [5.74, 6) is -0.156. The molecule has 0 bridgehead atoms. The lowest BCUT2D eigenvalue weighted by Gasteiger charge is -2.41. The summed E-state index contributed by atoms with van der Waals surface area (Å²) >= 11 is 0. The Kier molecular flexibility index (Phi) is 5.22. The van der Waals surface area contributed by atoms with Gasteiger partial charge >= 0.3 is 0 Å². The third kappa shape index (κ3) is 3.09. The minimum Gasteiger partial charge on any atom is -0.352 e. The lowest BCUT2D eigenvalue weighted by molar-refractivity contribution is -0.149. The van der Waals surface area contributed by atoms with Crippen molar-refractivity contribution in [2.75, 3.05) is 13.1 Å². The summed E-state index contributed by atoms with van der Waals surface area (Å²) in [6.45, 7) is 6.37. The second-order valence-electron chi connectivity index (χ2n) is 4.54. The van der Waals surface area contributed by atoms with Crippen LogP contribution in [0.1, 0.15) is 27.2 Å². The van der Waals surface area contributed by atoms with Crippen LogP contribution >= 0.6 is 12.4 Å². The van der Waals surface area contributed by atoms with Crippen LogP contribution in [0.2, 0.25) is 0 Å². The molecule has 5 nitrogen and oxygen atoms in total. The first kappa shape index (κ1) is 15.2. The van der Waals surface area contributed by atoms with Gasteiger partial charge in [0.05, 0.1) is 0 Å². The SMILES string of the molecule is CC(N)CC(=O)N1CCNC(=O)C1(C)C.Cl. The van der Waals surface area contributed by atoms with Crippen LogP contribution in [0.4, 0.5) is 0 Å². The lowest BCUT2D eigenvalue weighted by Crippen LogP contribution is -2.63. The number of nitrogens with one attached hydrogen (secondary N) is 1. The third-order valence-corrected chi connectivity index (χ3v) is 2.65. The first-order chi connectivity index (χ1) is 6.85. The van der Waals surface area contributed by atoms with Gasteiger partial charge in [0.2, 0.25) is 11.8 Å². The van der Waals surface area contributed by atoms with Gasteiger partial charge in [-0.15, -0.1) is 12.4 Å². The molecular weight excluding hydrogens is 230 g/mol. The van der Waals surface area contributed by atoms with Gasteiger partial charge in [-0.25, -0.2) is 0 Å². The van der Waals surface area contributed by atoms with Crippen molar-refractivity contribution in [3.05, 3.63) is 0 Å². The van der Waals surface area contributed by atoms with Crippen molar-refractivity contribution >= 4 is 24.2 Å². The number of nitrogens with zero attached hydrogens (tertiary/aromatic N) is 1. The highest BCUT2D eigenvalue weighted by atomic mass is 35.5. The second-order valence-corrected chi connectivity index (χ2v) is 4.54. The van der Waals surface area contributed by atoms with Crippen molar-refractivity contribution in [2.45, 2.75) is 38.8 Å². The molecule has 0 aromatic rings. The van der Waals surface area contributed by atoms with E-state index < -0.39 is 5.54 Å². The number of hydrogen-bond donors (Lipinski definition) is 2. The molecule has 1 aliphatic rings. The molecule has 1 fully saturated rings. The van der Waals surface area contributed by atoms with Crippen LogP contribution in [-0.4, -0.2) is 41.4 Å². The lowest BCUT2D eigenvalue weighted by atomic mass is 9.98. The average molecular weight is 250 g/mol. The van der Waals surface area contributed by atoms with Crippen molar-refractivity contribution < 1.29 is 9.59 Å². The van der Waals surface area contributed by atoms with Crippen molar-refractivity contribution in [2.24, 2.45) is 5.73 Å². The number of carbonyl (C=O) groups is 2. The molecule has 2 amide bonds. The number of nitrogens with two attached hydrogens (primary N) is 1. The summed E-state index contributed by atoms with van der Waals surface area (Å²) in [5, 5.41) is 2.75. The predicted molar refractivity (Wildman–Crippen MR) is 64.3 cm³/mol. The normalized spacial score (nSPS) is 20.8. The van der Waals surface area contributed by atoms with Crippen LogP contribution < -0.4 is 11.1 Å².